The summed E-state index contributed by atoms with van der Waals surface area (Å²) in [6.07, 6.45) is 2.32. The molecule has 1 rings (SSSR count). The Morgan fingerprint density at radius 1 is 1.09 bits per heavy atom. The molecular formula is C9H16I2. The lowest BCUT2D eigenvalue weighted by atomic mass is 10.1. The molecule has 2 heteroatoms. The Labute approximate surface area is 104 Å². The van der Waals surface area contributed by atoms with Crippen LogP contribution >= 0.6 is 48.0 Å². The number of hydrogen-bond donors (Lipinski definition) is 0. The average Bonchev–Trinajstić information content (AvgIpc) is 1.98. The van der Waals surface area contributed by atoms with Crippen LogP contribution < -0.4 is 0 Å². The molecule has 1 atom stereocenters. The van der Waals surface area contributed by atoms with E-state index in [1.807, 2.05) is 0 Å². The Morgan fingerprint density at radius 2 is 1.55 bits per heavy atom. The fraction of sp³-hybridized carbons (Fsp3) is 0.556. The van der Waals surface area contributed by atoms with Gasteiger partial charge in [0.1, 0.15) is 0 Å². The van der Waals surface area contributed by atoms with Gasteiger partial charge in [0.05, 0.1) is 0 Å². The molecule has 66 valence electrons. The Kier molecular flexibility index (Phi) is 7.31. The predicted molar refractivity (Wildman–Crippen MR) is 72.1 cm³/mol. The van der Waals surface area contributed by atoms with Crippen LogP contribution in [0.2, 0.25) is 0 Å². The summed E-state index contributed by atoms with van der Waals surface area (Å²) >= 11 is 0. The third kappa shape index (κ3) is 3.05. The largest absolute Gasteiger partial charge is 0.107 e. The van der Waals surface area contributed by atoms with Crippen LogP contribution in [-0.4, -0.2) is 0 Å². The van der Waals surface area contributed by atoms with Gasteiger partial charge in [-0.05, 0) is 32.3 Å². The van der Waals surface area contributed by atoms with Gasteiger partial charge < -0.3 is 0 Å². The third-order valence-electron chi connectivity index (χ3n) is 2.37. The zero-order valence-corrected chi connectivity index (χ0v) is 12.1. The van der Waals surface area contributed by atoms with Crippen LogP contribution in [0.3, 0.4) is 0 Å². The second-order valence-corrected chi connectivity index (χ2v) is 2.95. The molecule has 0 aromatic carbocycles. The molecule has 0 aromatic rings. The van der Waals surface area contributed by atoms with Crippen LogP contribution in [0.25, 0.3) is 0 Å². The van der Waals surface area contributed by atoms with Crippen molar-refractivity contribution in [1.29, 1.82) is 0 Å². The van der Waals surface area contributed by atoms with Gasteiger partial charge in [0.25, 0.3) is 0 Å². The minimum atomic E-state index is 0. The lowest BCUT2D eigenvalue weighted by molar-refractivity contribution is 0.875. The second kappa shape index (κ2) is 5.56. The van der Waals surface area contributed by atoms with E-state index in [2.05, 4.69) is 33.8 Å². The molecule has 1 aliphatic carbocycles. The maximum Gasteiger partial charge on any atom is -0.00428 e. The molecule has 0 spiro atoms. The maximum absolute atomic E-state index is 2.32. The van der Waals surface area contributed by atoms with Gasteiger partial charge in [-0.25, -0.2) is 0 Å². The zero-order valence-electron chi connectivity index (χ0n) is 7.47. The van der Waals surface area contributed by atoms with Crippen LogP contribution in [-0.2, 0) is 0 Å². The maximum atomic E-state index is 2.32. The molecule has 0 fully saturated rings. The van der Waals surface area contributed by atoms with E-state index in [9.17, 15) is 0 Å². The van der Waals surface area contributed by atoms with Crippen molar-refractivity contribution in [2.24, 2.45) is 5.92 Å². The summed E-state index contributed by atoms with van der Waals surface area (Å²) in [5.74, 6) is 0.685. The van der Waals surface area contributed by atoms with Crippen molar-refractivity contribution in [3.8, 4) is 0 Å². The van der Waals surface area contributed by atoms with Crippen LogP contribution in [0.4, 0.5) is 0 Å². The predicted octanol–water partition coefficient (Wildman–Crippen LogP) is 4.15. The number of halogens is 2. The molecule has 0 aliphatic heterocycles. The van der Waals surface area contributed by atoms with E-state index in [0.29, 0.717) is 5.92 Å². The van der Waals surface area contributed by atoms with Crippen molar-refractivity contribution in [3.63, 3.8) is 0 Å². The fourth-order valence-electron chi connectivity index (χ4n) is 1.28. The molecule has 0 saturated carbocycles. The minimum absolute atomic E-state index is 0. The van der Waals surface area contributed by atoms with Gasteiger partial charge in [-0.1, -0.05) is 24.1 Å². The van der Waals surface area contributed by atoms with E-state index in [1.54, 1.807) is 0 Å². The van der Waals surface area contributed by atoms with Gasteiger partial charge in [-0.2, -0.15) is 0 Å². The average molecular weight is 378 g/mol. The fourth-order valence-corrected chi connectivity index (χ4v) is 1.28. The monoisotopic (exact) mass is 378 g/mol. The summed E-state index contributed by atoms with van der Waals surface area (Å²) in [4.78, 5) is 0. The Hall–Kier alpha value is 0.940. The quantitative estimate of drug-likeness (QED) is 0.556. The van der Waals surface area contributed by atoms with E-state index in [1.165, 1.54) is 16.7 Å². The van der Waals surface area contributed by atoms with Crippen molar-refractivity contribution >= 4 is 48.0 Å². The van der Waals surface area contributed by atoms with Gasteiger partial charge in [0.2, 0.25) is 0 Å². The summed E-state index contributed by atoms with van der Waals surface area (Å²) in [5.41, 5.74) is 4.48. The summed E-state index contributed by atoms with van der Waals surface area (Å²) in [7, 11) is 0. The normalized spacial score (nSPS) is 22.2. The van der Waals surface area contributed by atoms with Gasteiger partial charge in [-0.15, -0.1) is 48.0 Å². The van der Waals surface area contributed by atoms with Gasteiger partial charge in [-0.3, -0.25) is 0 Å². The molecule has 0 aromatic heterocycles. The highest BCUT2D eigenvalue weighted by molar-refractivity contribution is 14.0. The molecule has 0 N–H and O–H groups in total. The van der Waals surface area contributed by atoms with Crippen LogP contribution in [0, 0.1) is 5.92 Å². The summed E-state index contributed by atoms with van der Waals surface area (Å²) < 4.78 is 0. The SMILES string of the molecule is CC1=CC(C)C(C)=C1C.I.I. The lowest BCUT2D eigenvalue weighted by Crippen LogP contribution is -1.85. The van der Waals surface area contributed by atoms with Gasteiger partial charge >= 0.3 is 0 Å². The van der Waals surface area contributed by atoms with Crippen LogP contribution in [0.15, 0.2) is 22.8 Å². The first-order valence-corrected chi connectivity index (χ1v) is 3.49. The van der Waals surface area contributed by atoms with Crippen LogP contribution in [0.1, 0.15) is 27.7 Å². The molecule has 0 saturated heterocycles. The highest BCUT2D eigenvalue weighted by atomic mass is 127. The van der Waals surface area contributed by atoms with E-state index < -0.39 is 0 Å². The number of allylic oxidation sites excluding steroid dienone is 4. The molecular weight excluding hydrogens is 362 g/mol. The first-order valence-electron chi connectivity index (χ1n) is 3.49. The number of hydrogen-bond acceptors (Lipinski definition) is 0. The summed E-state index contributed by atoms with van der Waals surface area (Å²) in [6, 6.07) is 0. The standard InChI is InChI=1S/C9H14.2HI/c1-6-5-7(2)9(4)8(6)3;;/h5-6H,1-4H3;2*1H. The Morgan fingerprint density at radius 3 is 1.64 bits per heavy atom. The van der Waals surface area contributed by atoms with E-state index in [-0.39, 0.29) is 48.0 Å². The van der Waals surface area contributed by atoms with E-state index >= 15 is 0 Å². The van der Waals surface area contributed by atoms with E-state index in [4.69, 9.17) is 0 Å². The minimum Gasteiger partial charge on any atom is -0.107 e. The van der Waals surface area contributed by atoms with Crippen molar-refractivity contribution in [2.45, 2.75) is 27.7 Å². The van der Waals surface area contributed by atoms with Gasteiger partial charge in [0.15, 0.2) is 0 Å². The van der Waals surface area contributed by atoms with E-state index in [0.717, 1.165) is 0 Å². The second-order valence-electron chi connectivity index (χ2n) is 2.95. The topological polar surface area (TPSA) is 0 Å². The molecule has 0 nitrogen and oxygen atoms in total. The van der Waals surface area contributed by atoms with Crippen molar-refractivity contribution in [2.75, 3.05) is 0 Å². The molecule has 0 radical (unpaired) electrons. The number of rotatable bonds is 0. The Balaban J connectivity index is 0. The van der Waals surface area contributed by atoms with Crippen molar-refractivity contribution in [1.82, 2.24) is 0 Å². The molecule has 1 aliphatic rings. The van der Waals surface area contributed by atoms with Crippen molar-refractivity contribution < 1.29 is 0 Å². The zero-order chi connectivity index (χ0) is 7.02. The molecule has 0 amide bonds. The molecule has 0 heterocycles. The Bertz CT molecular complexity index is 190. The first-order chi connectivity index (χ1) is 4.13. The van der Waals surface area contributed by atoms with Crippen LogP contribution in [0.5, 0.6) is 0 Å². The molecule has 0 bridgehead atoms. The summed E-state index contributed by atoms with van der Waals surface area (Å²) in [5, 5.41) is 0. The van der Waals surface area contributed by atoms with Gasteiger partial charge in [0, 0.05) is 0 Å². The summed E-state index contributed by atoms with van der Waals surface area (Å²) in [6.45, 7) is 8.84. The van der Waals surface area contributed by atoms with Crippen molar-refractivity contribution in [3.05, 3.63) is 22.8 Å². The lowest BCUT2D eigenvalue weighted by Gasteiger charge is -2.00. The smallest absolute Gasteiger partial charge is 0.00428 e. The highest BCUT2D eigenvalue weighted by Crippen LogP contribution is 2.29. The highest BCUT2D eigenvalue weighted by Gasteiger charge is 2.12. The first kappa shape index (κ1) is 14.5. The molecule has 11 heavy (non-hydrogen) atoms. The third-order valence-corrected chi connectivity index (χ3v) is 2.37. The molecule has 1 unspecified atom stereocenters.